The first-order valence-electron chi connectivity index (χ1n) is 8.12. The molecule has 27 heavy (non-hydrogen) atoms. The van der Waals surface area contributed by atoms with Gasteiger partial charge in [-0.05, 0) is 19.8 Å². The number of carbonyl (C=O) groups excluding carboxylic acids is 1. The second kappa shape index (κ2) is 6.63. The van der Waals surface area contributed by atoms with Gasteiger partial charge in [-0.15, -0.1) is 10.2 Å². The Morgan fingerprint density at radius 2 is 1.89 bits per heavy atom. The molecular formula is C14H16F3N7O3. The Hall–Kier alpha value is -2.99. The molecule has 0 atom stereocenters. The lowest BCUT2D eigenvalue weighted by Gasteiger charge is -2.33. The first kappa shape index (κ1) is 18.8. The average Bonchev–Trinajstić information content (AvgIpc) is 3.21. The highest BCUT2D eigenvalue weighted by molar-refractivity contribution is 5.95. The molecule has 0 spiro atoms. The van der Waals surface area contributed by atoms with Crippen LogP contribution in [0.2, 0.25) is 0 Å². The molecule has 0 aromatic carbocycles. The number of amides is 1. The summed E-state index contributed by atoms with van der Waals surface area (Å²) >= 11 is 0. The van der Waals surface area contributed by atoms with E-state index in [0.717, 1.165) is 11.1 Å². The van der Waals surface area contributed by atoms with Crippen molar-refractivity contribution < 1.29 is 27.9 Å². The standard InChI is InChI=1S/C14H16F3N7O3/c1-7-18-8(9(25)20-13(11(26)27)5-3-2-4-6-13)23-24(7)12-19-10(21-22-12)14(15,16)17/h2-6H2,1H3,(H,20,25)(H,26,27)(H,19,21,22). The van der Waals surface area contributed by atoms with Crippen LogP contribution in [0.15, 0.2) is 0 Å². The van der Waals surface area contributed by atoms with Crippen molar-refractivity contribution in [2.24, 2.45) is 0 Å². The van der Waals surface area contributed by atoms with E-state index in [4.69, 9.17) is 0 Å². The fraction of sp³-hybridized carbons (Fsp3) is 0.571. The van der Waals surface area contributed by atoms with Gasteiger partial charge in [0.05, 0.1) is 0 Å². The number of H-pyrrole nitrogens is 1. The molecule has 13 heteroatoms. The summed E-state index contributed by atoms with van der Waals surface area (Å²) in [6.07, 6.45) is -1.96. The highest BCUT2D eigenvalue weighted by atomic mass is 19.4. The average molecular weight is 387 g/mol. The Morgan fingerprint density at radius 1 is 1.22 bits per heavy atom. The number of halogens is 3. The van der Waals surface area contributed by atoms with E-state index >= 15 is 0 Å². The lowest BCUT2D eigenvalue weighted by atomic mass is 9.81. The monoisotopic (exact) mass is 387 g/mol. The van der Waals surface area contributed by atoms with Gasteiger partial charge >= 0.3 is 12.1 Å². The van der Waals surface area contributed by atoms with Crippen molar-refractivity contribution in [1.29, 1.82) is 0 Å². The second-order valence-corrected chi connectivity index (χ2v) is 6.28. The minimum atomic E-state index is -4.71. The van der Waals surface area contributed by atoms with Gasteiger partial charge in [0.2, 0.25) is 11.6 Å². The van der Waals surface area contributed by atoms with E-state index < -0.39 is 35.4 Å². The number of aromatic nitrogens is 6. The molecule has 146 valence electrons. The maximum atomic E-state index is 12.6. The zero-order valence-electron chi connectivity index (χ0n) is 14.2. The van der Waals surface area contributed by atoms with Crippen LogP contribution in [-0.4, -0.2) is 52.5 Å². The molecular weight excluding hydrogens is 371 g/mol. The van der Waals surface area contributed by atoms with Crippen molar-refractivity contribution in [3.8, 4) is 5.95 Å². The highest BCUT2D eigenvalue weighted by Crippen LogP contribution is 2.29. The molecule has 1 saturated carbocycles. The molecule has 3 rings (SSSR count). The van der Waals surface area contributed by atoms with E-state index in [1.165, 1.54) is 6.92 Å². The van der Waals surface area contributed by atoms with Crippen LogP contribution < -0.4 is 5.32 Å². The Balaban J connectivity index is 1.84. The van der Waals surface area contributed by atoms with Crippen LogP contribution in [0.5, 0.6) is 0 Å². The van der Waals surface area contributed by atoms with Gasteiger partial charge in [-0.2, -0.15) is 22.8 Å². The maximum Gasteiger partial charge on any atom is 0.451 e. The lowest BCUT2D eigenvalue weighted by Crippen LogP contribution is -2.55. The number of nitrogens with zero attached hydrogens (tertiary/aromatic N) is 5. The minimum Gasteiger partial charge on any atom is -0.480 e. The number of carboxylic acids is 1. The summed E-state index contributed by atoms with van der Waals surface area (Å²) in [4.78, 5) is 31.3. The quantitative estimate of drug-likeness (QED) is 0.717. The van der Waals surface area contributed by atoms with Gasteiger partial charge < -0.3 is 10.4 Å². The predicted octanol–water partition coefficient (Wildman–Crippen LogP) is 1.23. The topological polar surface area (TPSA) is 139 Å². The third kappa shape index (κ3) is 3.61. The van der Waals surface area contributed by atoms with E-state index in [0.29, 0.717) is 12.8 Å². The van der Waals surface area contributed by atoms with Crippen LogP contribution in [-0.2, 0) is 11.0 Å². The molecule has 10 nitrogen and oxygen atoms in total. The van der Waals surface area contributed by atoms with E-state index in [9.17, 15) is 27.9 Å². The first-order valence-corrected chi connectivity index (χ1v) is 8.12. The fourth-order valence-corrected chi connectivity index (χ4v) is 2.97. The van der Waals surface area contributed by atoms with E-state index in [1.807, 2.05) is 0 Å². The number of carbonyl (C=O) groups is 2. The zero-order valence-corrected chi connectivity index (χ0v) is 14.2. The summed E-state index contributed by atoms with van der Waals surface area (Å²) in [5, 5.41) is 21.0. The number of hydrogen-bond donors (Lipinski definition) is 3. The van der Waals surface area contributed by atoms with Crippen molar-refractivity contribution in [2.45, 2.75) is 50.7 Å². The Kier molecular flexibility index (Phi) is 4.61. The Labute approximate surface area is 150 Å². The van der Waals surface area contributed by atoms with Crippen molar-refractivity contribution >= 4 is 11.9 Å². The van der Waals surface area contributed by atoms with Gasteiger partial charge in [-0.25, -0.2) is 9.78 Å². The molecule has 0 unspecified atom stereocenters. The van der Waals surface area contributed by atoms with Gasteiger partial charge in [0.15, 0.2) is 0 Å². The summed E-state index contributed by atoms with van der Waals surface area (Å²) in [7, 11) is 0. The molecule has 2 heterocycles. The first-order chi connectivity index (χ1) is 12.6. The Bertz CT molecular complexity index is 868. The molecule has 0 saturated heterocycles. The SMILES string of the molecule is Cc1nc(C(=O)NC2(C(=O)O)CCCCC2)nn1-c1n[nH]c(C(F)(F)F)n1. The lowest BCUT2D eigenvalue weighted by molar-refractivity contribution is -0.146. The van der Waals surface area contributed by atoms with Crippen LogP contribution in [0.1, 0.15) is 54.4 Å². The van der Waals surface area contributed by atoms with Crippen LogP contribution in [0.3, 0.4) is 0 Å². The van der Waals surface area contributed by atoms with Gasteiger partial charge in [-0.3, -0.25) is 9.89 Å². The predicted molar refractivity (Wildman–Crippen MR) is 82.0 cm³/mol. The largest absolute Gasteiger partial charge is 0.480 e. The maximum absolute atomic E-state index is 12.6. The fourth-order valence-electron chi connectivity index (χ4n) is 2.97. The molecule has 1 aliphatic rings. The van der Waals surface area contributed by atoms with Gasteiger partial charge in [0.1, 0.15) is 11.4 Å². The van der Waals surface area contributed by atoms with Crippen LogP contribution >= 0.6 is 0 Å². The third-order valence-corrected chi connectivity index (χ3v) is 4.37. The number of aromatic amines is 1. The van der Waals surface area contributed by atoms with Crippen LogP contribution in [0.4, 0.5) is 13.2 Å². The molecule has 0 aliphatic heterocycles. The summed E-state index contributed by atoms with van der Waals surface area (Å²) in [6.45, 7) is 1.40. The summed E-state index contributed by atoms with van der Waals surface area (Å²) in [6, 6.07) is 0. The number of carboxylic acid groups (broad SMARTS) is 1. The van der Waals surface area contributed by atoms with E-state index in [2.05, 4.69) is 25.5 Å². The molecule has 1 amide bonds. The number of nitrogens with one attached hydrogen (secondary N) is 2. The third-order valence-electron chi connectivity index (χ3n) is 4.37. The number of hydrogen-bond acceptors (Lipinski definition) is 6. The van der Waals surface area contributed by atoms with Gasteiger partial charge in [-0.1, -0.05) is 19.3 Å². The van der Waals surface area contributed by atoms with Gasteiger partial charge in [0, 0.05) is 0 Å². The summed E-state index contributed by atoms with van der Waals surface area (Å²) < 4.78 is 38.8. The highest BCUT2D eigenvalue weighted by Gasteiger charge is 2.42. The van der Waals surface area contributed by atoms with Crippen molar-refractivity contribution in [2.75, 3.05) is 0 Å². The van der Waals surface area contributed by atoms with Crippen molar-refractivity contribution in [1.82, 2.24) is 35.3 Å². The van der Waals surface area contributed by atoms with Gasteiger partial charge in [0.25, 0.3) is 11.9 Å². The summed E-state index contributed by atoms with van der Waals surface area (Å²) in [5.41, 5.74) is -1.40. The molecule has 0 bridgehead atoms. The normalized spacial score (nSPS) is 16.9. The number of aryl methyl sites for hydroxylation is 1. The second-order valence-electron chi connectivity index (χ2n) is 6.28. The van der Waals surface area contributed by atoms with E-state index in [-0.39, 0.29) is 24.5 Å². The van der Waals surface area contributed by atoms with Crippen molar-refractivity contribution in [3.05, 3.63) is 17.5 Å². The number of aliphatic carboxylic acids is 1. The molecule has 1 aliphatic carbocycles. The summed E-state index contributed by atoms with van der Waals surface area (Å²) in [5.74, 6) is -4.02. The minimum absolute atomic E-state index is 0.0703. The molecule has 0 radical (unpaired) electrons. The van der Waals surface area contributed by atoms with Crippen LogP contribution in [0, 0.1) is 6.92 Å². The molecule has 2 aromatic heterocycles. The number of alkyl halides is 3. The smallest absolute Gasteiger partial charge is 0.451 e. The number of rotatable bonds is 4. The molecule has 1 fully saturated rings. The Morgan fingerprint density at radius 3 is 2.44 bits per heavy atom. The van der Waals surface area contributed by atoms with Crippen molar-refractivity contribution in [3.63, 3.8) is 0 Å². The van der Waals surface area contributed by atoms with Crippen LogP contribution in [0.25, 0.3) is 5.95 Å². The van der Waals surface area contributed by atoms with E-state index in [1.54, 1.807) is 5.10 Å². The molecule has 2 aromatic rings. The molecule has 3 N–H and O–H groups in total. The zero-order chi connectivity index (χ0) is 19.8.